The zero-order valence-electron chi connectivity index (χ0n) is 13.3. The summed E-state index contributed by atoms with van der Waals surface area (Å²) in [5, 5.41) is 12.3. The molecule has 0 unspecified atom stereocenters. The number of aliphatic imine (C=N–C) groups is 1. The summed E-state index contributed by atoms with van der Waals surface area (Å²) < 4.78 is 40.3. The number of alkyl halides is 3. The highest BCUT2D eigenvalue weighted by molar-refractivity contribution is 6.09. The second-order valence-electron chi connectivity index (χ2n) is 5.92. The largest absolute Gasteiger partial charge is 0.417 e. The van der Waals surface area contributed by atoms with Crippen LogP contribution >= 0.6 is 0 Å². The Morgan fingerprint density at radius 2 is 2.16 bits per heavy atom. The lowest BCUT2D eigenvalue weighted by Crippen LogP contribution is -2.45. The molecule has 2 saturated heterocycles. The van der Waals surface area contributed by atoms with Crippen LogP contribution in [0.4, 0.5) is 19.0 Å². The number of nitrogens with two attached hydrogens (primary N) is 1. The van der Waals surface area contributed by atoms with Crippen molar-refractivity contribution >= 4 is 17.6 Å². The molecule has 0 aromatic carbocycles. The summed E-state index contributed by atoms with van der Waals surface area (Å²) in [4.78, 5) is 10.2. The molecule has 9 heteroatoms. The van der Waals surface area contributed by atoms with Gasteiger partial charge in [0.15, 0.2) is 0 Å². The summed E-state index contributed by atoms with van der Waals surface area (Å²) in [7, 11) is 0. The number of hydrogen-bond donors (Lipinski definition) is 2. The molecule has 6 nitrogen and oxygen atoms in total. The molecular weight excluding hydrogens is 333 g/mol. The van der Waals surface area contributed by atoms with Gasteiger partial charge in [-0.25, -0.2) is 4.98 Å². The molecule has 2 fully saturated rings. The maximum atomic E-state index is 13.4. The van der Waals surface area contributed by atoms with Crippen molar-refractivity contribution in [2.24, 2.45) is 10.7 Å². The first-order chi connectivity index (χ1) is 11.9. The van der Waals surface area contributed by atoms with Crippen molar-refractivity contribution in [3.05, 3.63) is 29.1 Å². The van der Waals surface area contributed by atoms with Crippen molar-refractivity contribution in [3.8, 4) is 6.07 Å². The highest BCUT2D eigenvalue weighted by Gasteiger charge is 2.37. The predicted molar refractivity (Wildman–Crippen MR) is 88.1 cm³/mol. The molecule has 132 valence electrons. The normalized spacial score (nSPS) is 18.8. The quantitative estimate of drug-likeness (QED) is 0.804. The number of nitrogens with zero attached hydrogens (tertiary/aromatic N) is 4. The molecular formula is C16H17F3N6. The Balaban J connectivity index is 2.06. The summed E-state index contributed by atoms with van der Waals surface area (Å²) in [5.74, 6) is 0.0524. The minimum absolute atomic E-state index is 0.0524. The molecule has 0 radical (unpaired) electrons. The Hall–Kier alpha value is -2.60. The number of nitriles is 1. The van der Waals surface area contributed by atoms with E-state index in [2.05, 4.69) is 15.3 Å². The number of hydrogen-bond acceptors (Lipinski definition) is 6. The topological polar surface area (TPSA) is 90.3 Å². The first-order valence-corrected chi connectivity index (χ1v) is 7.87. The van der Waals surface area contributed by atoms with Gasteiger partial charge in [0.2, 0.25) is 0 Å². The molecule has 25 heavy (non-hydrogen) atoms. The molecule has 0 spiro atoms. The van der Waals surface area contributed by atoms with Gasteiger partial charge in [-0.05, 0) is 12.5 Å². The van der Waals surface area contributed by atoms with E-state index in [4.69, 9.17) is 5.73 Å². The van der Waals surface area contributed by atoms with Crippen LogP contribution in [0.3, 0.4) is 0 Å². The molecule has 0 bridgehead atoms. The molecule has 0 saturated carbocycles. The van der Waals surface area contributed by atoms with E-state index in [1.54, 1.807) is 11.0 Å². The van der Waals surface area contributed by atoms with Gasteiger partial charge < -0.3 is 16.0 Å². The van der Waals surface area contributed by atoms with Crippen molar-refractivity contribution in [3.63, 3.8) is 0 Å². The second-order valence-corrected chi connectivity index (χ2v) is 5.92. The van der Waals surface area contributed by atoms with Crippen LogP contribution in [0.1, 0.15) is 23.2 Å². The van der Waals surface area contributed by atoms with E-state index in [1.165, 1.54) is 12.4 Å². The number of anilines is 1. The van der Waals surface area contributed by atoms with E-state index in [9.17, 15) is 18.4 Å². The highest BCUT2D eigenvalue weighted by atomic mass is 19.4. The number of nitrogens with one attached hydrogen (secondary N) is 1. The minimum atomic E-state index is -4.66. The van der Waals surface area contributed by atoms with Gasteiger partial charge >= 0.3 is 6.18 Å². The van der Waals surface area contributed by atoms with Gasteiger partial charge in [0.05, 0.1) is 17.3 Å². The first kappa shape index (κ1) is 17.2. The molecule has 2 aliphatic rings. The van der Waals surface area contributed by atoms with Gasteiger partial charge in [-0.15, -0.1) is 0 Å². The third-order valence-corrected chi connectivity index (χ3v) is 4.23. The number of halogens is 3. The number of allylic oxidation sites excluding steroid dienone is 1. The molecule has 0 amide bonds. The van der Waals surface area contributed by atoms with Crippen LogP contribution in [0.2, 0.25) is 0 Å². The average Bonchev–Trinajstić information content (AvgIpc) is 2.46. The Labute approximate surface area is 142 Å². The summed E-state index contributed by atoms with van der Waals surface area (Å²) >= 11 is 0. The fourth-order valence-corrected chi connectivity index (χ4v) is 2.53. The Kier molecular flexibility index (Phi) is 4.63. The predicted octanol–water partition coefficient (Wildman–Crippen LogP) is 1.52. The van der Waals surface area contributed by atoms with Crippen molar-refractivity contribution in [2.75, 3.05) is 31.1 Å². The van der Waals surface area contributed by atoms with Crippen molar-refractivity contribution < 1.29 is 13.2 Å². The maximum Gasteiger partial charge on any atom is 0.417 e. The van der Waals surface area contributed by atoms with Gasteiger partial charge in [0.1, 0.15) is 17.5 Å². The van der Waals surface area contributed by atoms with E-state index in [-0.39, 0.29) is 17.6 Å². The fraction of sp³-hybridized carbons (Fsp3) is 0.438. The van der Waals surface area contributed by atoms with E-state index in [0.29, 0.717) is 18.7 Å². The molecule has 3 N–H and O–H groups in total. The second kappa shape index (κ2) is 6.72. The van der Waals surface area contributed by atoms with E-state index in [1.807, 2.05) is 0 Å². The molecule has 3 heterocycles. The monoisotopic (exact) mass is 350 g/mol. The lowest BCUT2D eigenvalue weighted by atomic mass is 10.0. The zero-order chi connectivity index (χ0) is 18.0. The minimum Gasteiger partial charge on any atom is -0.404 e. The van der Waals surface area contributed by atoms with Crippen LogP contribution in [0.5, 0.6) is 0 Å². The SMILES string of the molecule is N#Cc1c(C(F)(F)F)cc(C(C=NC2CNC2)=CN)nc1N1CCC1. The smallest absolute Gasteiger partial charge is 0.404 e. The van der Waals surface area contributed by atoms with Crippen molar-refractivity contribution in [1.82, 2.24) is 10.3 Å². The van der Waals surface area contributed by atoms with Gasteiger partial charge in [0.25, 0.3) is 0 Å². The number of rotatable bonds is 4. The Bertz CT molecular complexity index is 754. The maximum absolute atomic E-state index is 13.4. The van der Waals surface area contributed by atoms with Gasteiger partial charge in [-0.3, -0.25) is 4.99 Å². The Morgan fingerprint density at radius 1 is 1.44 bits per heavy atom. The molecule has 2 aliphatic heterocycles. The highest BCUT2D eigenvalue weighted by Crippen LogP contribution is 2.37. The summed E-state index contributed by atoms with van der Waals surface area (Å²) in [6.07, 6.45) is -1.17. The molecule has 0 atom stereocenters. The average molecular weight is 350 g/mol. The van der Waals surface area contributed by atoms with Crippen molar-refractivity contribution in [1.29, 1.82) is 5.26 Å². The van der Waals surface area contributed by atoms with Crippen molar-refractivity contribution in [2.45, 2.75) is 18.6 Å². The molecule has 1 aromatic rings. The first-order valence-electron chi connectivity index (χ1n) is 7.87. The van der Waals surface area contributed by atoms with Crippen LogP contribution in [0, 0.1) is 11.3 Å². The van der Waals surface area contributed by atoms with Crippen LogP contribution in [-0.2, 0) is 6.18 Å². The molecule has 0 aliphatic carbocycles. The van der Waals surface area contributed by atoms with Crippen LogP contribution in [0.25, 0.3) is 5.57 Å². The van der Waals surface area contributed by atoms with Crippen LogP contribution < -0.4 is 16.0 Å². The molecule has 3 rings (SSSR count). The number of aromatic nitrogens is 1. The summed E-state index contributed by atoms with van der Waals surface area (Å²) in [6.45, 7) is 2.60. The van der Waals surface area contributed by atoms with Gasteiger partial charge in [0, 0.05) is 44.2 Å². The van der Waals surface area contributed by atoms with E-state index < -0.39 is 17.3 Å². The Morgan fingerprint density at radius 3 is 2.60 bits per heavy atom. The standard InChI is InChI=1S/C16H17F3N6/c17-16(18,19)13-4-14(10(5-20)7-23-11-8-22-9-11)24-15(12(13)6-21)25-2-1-3-25/h4-5,7,11,22H,1-3,8-9,20H2. The van der Waals surface area contributed by atoms with Gasteiger partial charge in [-0.2, -0.15) is 18.4 Å². The molecule has 1 aromatic heterocycles. The fourth-order valence-electron chi connectivity index (χ4n) is 2.53. The van der Waals surface area contributed by atoms with Crippen LogP contribution in [-0.4, -0.2) is 43.4 Å². The number of pyridine rings is 1. The lowest BCUT2D eigenvalue weighted by Gasteiger charge is -2.33. The van der Waals surface area contributed by atoms with E-state index >= 15 is 0 Å². The lowest BCUT2D eigenvalue weighted by molar-refractivity contribution is -0.137. The summed E-state index contributed by atoms with van der Waals surface area (Å²) in [6, 6.07) is 2.61. The van der Waals surface area contributed by atoms with Crippen LogP contribution in [0.15, 0.2) is 17.3 Å². The summed E-state index contributed by atoms with van der Waals surface area (Å²) in [5.41, 5.74) is 4.49. The third-order valence-electron chi connectivity index (χ3n) is 4.23. The van der Waals surface area contributed by atoms with E-state index in [0.717, 1.165) is 25.6 Å². The third kappa shape index (κ3) is 3.44. The zero-order valence-corrected chi connectivity index (χ0v) is 13.3. The van der Waals surface area contributed by atoms with Gasteiger partial charge in [-0.1, -0.05) is 0 Å².